The first-order valence-electron chi connectivity index (χ1n) is 11.8. The van der Waals surface area contributed by atoms with Crippen molar-refractivity contribution in [3.8, 4) is 0 Å². The lowest BCUT2D eigenvalue weighted by atomic mass is 10.1. The van der Waals surface area contributed by atoms with Crippen LogP contribution in [0.3, 0.4) is 0 Å². The van der Waals surface area contributed by atoms with Crippen molar-refractivity contribution in [1.29, 1.82) is 0 Å². The van der Waals surface area contributed by atoms with Gasteiger partial charge in [-0.05, 0) is 26.3 Å². The van der Waals surface area contributed by atoms with E-state index in [1.165, 1.54) is 6.92 Å². The van der Waals surface area contributed by atoms with Gasteiger partial charge in [-0.2, -0.15) is 0 Å². The molecule has 0 aromatic carbocycles. The van der Waals surface area contributed by atoms with Crippen molar-refractivity contribution in [2.24, 2.45) is 5.73 Å². The van der Waals surface area contributed by atoms with Gasteiger partial charge in [0.2, 0.25) is 17.7 Å². The average Bonchev–Trinajstić information content (AvgIpc) is 2.83. The summed E-state index contributed by atoms with van der Waals surface area (Å²) >= 11 is 0. The lowest BCUT2D eigenvalue weighted by molar-refractivity contribution is -0.143. The van der Waals surface area contributed by atoms with Crippen molar-refractivity contribution < 1.29 is 48.0 Å². The smallest absolute Gasteiger partial charge is 0.326 e. The standard InChI is InChI=1S/C22H40N4O10/c1-17(27)4-5-18(22(31)32)26-21(30)16-36-14-12-34-10-8-25-20(29)15-35-13-11-33-9-7-24-19(28)3-2-6-23/h18H,2-16,23H2,1H3,(H,24,28)(H,25,29)(H,26,30)(H,31,32)/t18-/m0/s1. The molecule has 14 nitrogen and oxygen atoms in total. The molecule has 3 amide bonds. The van der Waals surface area contributed by atoms with Gasteiger partial charge in [0.15, 0.2) is 0 Å². The maximum Gasteiger partial charge on any atom is 0.326 e. The van der Waals surface area contributed by atoms with Crippen molar-refractivity contribution in [1.82, 2.24) is 16.0 Å². The second-order valence-corrected chi connectivity index (χ2v) is 7.62. The molecule has 36 heavy (non-hydrogen) atoms. The number of carbonyl (C=O) groups is 5. The van der Waals surface area contributed by atoms with Crippen LogP contribution in [0.4, 0.5) is 0 Å². The van der Waals surface area contributed by atoms with Gasteiger partial charge in [-0.3, -0.25) is 14.4 Å². The number of ketones is 1. The molecule has 0 bridgehead atoms. The fraction of sp³-hybridized carbons (Fsp3) is 0.773. The number of Topliss-reactive ketones (excluding diaryl/α,β-unsaturated/α-hetero) is 1. The fourth-order valence-corrected chi connectivity index (χ4v) is 2.54. The number of amides is 3. The van der Waals surface area contributed by atoms with E-state index in [9.17, 15) is 24.0 Å². The minimum atomic E-state index is -1.22. The van der Waals surface area contributed by atoms with E-state index in [0.29, 0.717) is 39.1 Å². The van der Waals surface area contributed by atoms with Crippen LogP contribution in [0.5, 0.6) is 0 Å². The Morgan fingerprint density at radius 1 is 0.750 bits per heavy atom. The zero-order chi connectivity index (χ0) is 27.0. The maximum atomic E-state index is 11.7. The van der Waals surface area contributed by atoms with Gasteiger partial charge < -0.3 is 50.5 Å². The van der Waals surface area contributed by atoms with Gasteiger partial charge in [-0.15, -0.1) is 0 Å². The molecule has 0 aliphatic heterocycles. The predicted molar refractivity (Wildman–Crippen MR) is 127 cm³/mol. The Balaban J connectivity index is 3.54. The van der Waals surface area contributed by atoms with Crippen LogP contribution < -0.4 is 21.7 Å². The molecule has 0 aliphatic rings. The Morgan fingerprint density at radius 3 is 1.81 bits per heavy atom. The Bertz CT molecular complexity index is 663. The van der Waals surface area contributed by atoms with Crippen LogP contribution in [0.15, 0.2) is 0 Å². The van der Waals surface area contributed by atoms with E-state index in [1.807, 2.05) is 0 Å². The average molecular weight is 521 g/mol. The topological polar surface area (TPSA) is 205 Å². The summed E-state index contributed by atoms with van der Waals surface area (Å²) in [5.41, 5.74) is 5.33. The Labute approximate surface area is 210 Å². The molecule has 0 radical (unpaired) electrons. The molecule has 6 N–H and O–H groups in total. The molecule has 0 fully saturated rings. The van der Waals surface area contributed by atoms with Crippen LogP contribution in [0, 0.1) is 0 Å². The number of hydrogen-bond donors (Lipinski definition) is 5. The highest BCUT2D eigenvalue weighted by Gasteiger charge is 2.20. The normalized spacial score (nSPS) is 11.5. The van der Waals surface area contributed by atoms with E-state index in [0.717, 1.165) is 0 Å². The number of hydrogen-bond acceptors (Lipinski definition) is 10. The van der Waals surface area contributed by atoms with Crippen molar-refractivity contribution >= 4 is 29.5 Å². The lowest BCUT2D eigenvalue weighted by Crippen LogP contribution is -2.42. The number of carboxylic acid groups (broad SMARTS) is 1. The number of carbonyl (C=O) groups excluding carboxylic acids is 4. The molecule has 14 heteroatoms. The molecule has 0 aromatic heterocycles. The molecule has 0 spiro atoms. The van der Waals surface area contributed by atoms with E-state index in [-0.39, 0.29) is 76.6 Å². The second-order valence-electron chi connectivity index (χ2n) is 7.62. The van der Waals surface area contributed by atoms with Gasteiger partial charge in [0.25, 0.3) is 0 Å². The van der Waals surface area contributed by atoms with Crippen LogP contribution in [0.2, 0.25) is 0 Å². The predicted octanol–water partition coefficient (Wildman–Crippen LogP) is -2.04. The summed E-state index contributed by atoms with van der Waals surface area (Å²) in [6.07, 6.45) is 1.11. The summed E-state index contributed by atoms with van der Waals surface area (Å²) in [6.45, 7) is 3.41. The summed E-state index contributed by atoms with van der Waals surface area (Å²) in [5.74, 6) is -2.35. The third-order valence-electron chi connectivity index (χ3n) is 4.37. The van der Waals surface area contributed by atoms with E-state index >= 15 is 0 Å². The fourth-order valence-electron chi connectivity index (χ4n) is 2.54. The second kappa shape index (κ2) is 22.8. The van der Waals surface area contributed by atoms with Crippen LogP contribution in [0.1, 0.15) is 32.6 Å². The third kappa shape index (κ3) is 21.9. The van der Waals surface area contributed by atoms with Gasteiger partial charge >= 0.3 is 5.97 Å². The van der Waals surface area contributed by atoms with Gasteiger partial charge in [0, 0.05) is 25.9 Å². The summed E-state index contributed by atoms with van der Waals surface area (Å²) < 4.78 is 20.9. The lowest BCUT2D eigenvalue weighted by Gasteiger charge is -2.14. The first-order chi connectivity index (χ1) is 17.3. The molecule has 0 saturated heterocycles. The van der Waals surface area contributed by atoms with Gasteiger partial charge in [0.05, 0.1) is 39.6 Å². The van der Waals surface area contributed by atoms with Crippen LogP contribution >= 0.6 is 0 Å². The highest BCUT2D eigenvalue weighted by molar-refractivity contribution is 5.85. The largest absolute Gasteiger partial charge is 0.480 e. The van der Waals surface area contributed by atoms with Crippen LogP contribution in [-0.2, 0) is 42.9 Å². The zero-order valence-electron chi connectivity index (χ0n) is 20.9. The van der Waals surface area contributed by atoms with Gasteiger partial charge in [-0.1, -0.05) is 0 Å². The Hall–Kier alpha value is -2.65. The zero-order valence-corrected chi connectivity index (χ0v) is 20.9. The van der Waals surface area contributed by atoms with Gasteiger partial charge in [0.1, 0.15) is 25.0 Å². The Kier molecular flexibility index (Phi) is 21.1. The molecule has 0 unspecified atom stereocenters. The molecule has 0 aromatic rings. The van der Waals surface area contributed by atoms with Crippen molar-refractivity contribution in [2.45, 2.75) is 38.6 Å². The summed E-state index contributed by atoms with van der Waals surface area (Å²) in [5, 5.41) is 16.7. The van der Waals surface area contributed by atoms with E-state index < -0.39 is 17.9 Å². The summed E-state index contributed by atoms with van der Waals surface area (Å²) in [7, 11) is 0. The number of rotatable bonds is 24. The molecule has 0 aliphatic carbocycles. The number of ether oxygens (including phenoxy) is 4. The first kappa shape index (κ1) is 33.4. The molecule has 1 atom stereocenters. The number of carboxylic acids is 1. The van der Waals surface area contributed by atoms with Crippen molar-refractivity contribution in [3.63, 3.8) is 0 Å². The molecule has 0 rings (SSSR count). The third-order valence-corrected chi connectivity index (χ3v) is 4.37. The maximum absolute atomic E-state index is 11.7. The van der Waals surface area contributed by atoms with Gasteiger partial charge in [-0.25, -0.2) is 4.79 Å². The van der Waals surface area contributed by atoms with Crippen molar-refractivity contribution in [3.05, 3.63) is 0 Å². The molecule has 0 heterocycles. The number of nitrogens with two attached hydrogens (primary N) is 1. The molecule has 0 saturated carbocycles. The van der Waals surface area contributed by atoms with Crippen molar-refractivity contribution in [2.75, 3.05) is 72.5 Å². The minimum absolute atomic E-state index is 0.0151. The highest BCUT2D eigenvalue weighted by Crippen LogP contribution is 1.99. The number of aliphatic carboxylic acids is 1. The Morgan fingerprint density at radius 2 is 1.28 bits per heavy atom. The highest BCUT2D eigenvalue weighted by atomic mass is 16.5. The van der Waals surface area contributed by atoms with E-state index in [4.69, 9.17) is 29.8 Å². The van der Waals surface area contributed by atoms with Crippen LogP contribution in [0.25, 0.3) is 0 Å². The summed E-state index contributed by atoms with van der Waals surface area (Å²) in [4.78, 5) is 56.8. The minimum Gasteiger partial charge on any atom is -0.480 e. The molecule has 208 valence electrons. The first-order valence-corrected chi connectivity index (χ1v) is 11.8. The number of nitrogens with one attached hydrogen (secondary N) is 3. The molecular formula is C22H40N4O10. The quantitative estimate of drug-likeness (QED) is 0.0877. The van der Waals surface area contributed by atoms with E-state index in [1.54, 1.807) is 0 Å². The summed E-state index contributed by atoms with van der Waals surface area (Å²) in [6, 6.07) is -1.15. The monoisotopic (exact) mass is 520 g/mol. The molecular weight excluding hydrogens is 480 g/mol. The SMILES string of the molecule is CC(=O)CC[C@H](NC(=O)COCCOCCNC(=O)COCCOCCNC(=O)CCCN)C(=O)O. The van der Waals surface area contributed by atoms with Crippen LogP contribution in [-0.4, -0.2) is 113 Å². The van der Waals surface area contributed by atoms with E-state index in [2.05, 4.69) is 16.0 Å².